The maximum Gasteiger partial charge on any atom is 0.340 e. The summed E-state index contributed by atoms with van der Waals surface area (Å²) in [5.41, 5.74) is 4.02. The number of aromatic nitrogens is 3. The number of carbonyl (C=O) groups is 2. The number of carbonyl (C=O) groups excluding carboxylic acids is 2. The second-order valence-electron chi connectivity index (χ2n) is 6.07. The number of esters is 1. The van der Waals surface area contributed by atoms with E-state index in [0.717, 1.165) is 5.56 Å². The fourth-order valence-corrected chi connectivity index (χ4v) is 2.86. The number of hydrogen-bond donors (Lipinski definition) is 2. The average Bonchev–Trinajstić information content (AvgIpc) is 3.25. The normalized spacial score (nSPS) is 10.7. The average molecular weight is 368 g/mol. The minimum absolute atomic E-state index is 0.270. The third kappa shape index (κ3) is 3.59. The van der Waals surface area contributed by atoms with Crippen LogP contribution in [-0.4, -0.2) is 33.7 Å². The fourth-order valence-electron chi connectivity index (χ4n) is 2.86. The van der Waals surface area contributed by atoms with Crippen molar-refractivity contribution in [3.8, 4) is 11.5 Å². The predicted molar refractivity (Wildman–Crippen MR) is 98.6 cm³/mol. The van der Waals surface area contributed by atoms with E-state index >= 15 is 0 Å². The predicted octanol–water partition coefficient (Wildman–Crippen LogP) is 3.42. The number of nitrogens with zero attached hydrogens (tertiary/aromatic N) is 2. The molecule has 0 aliphatic carbocycles. The third-order valence-electron chi connectivity index (χ3n) is 4.24. The van der Waals surface area contributed by atoms with Gasteiger partial charge in [-0.15, -0.1) is 10.2 Å². The van der Waals surface area contributed by atoms with Gasteiger partial charge in [0.1, 0.15) is 5.69 Å². The first-order valence-corrected chi connectivity index (χ1v) is 8.47. The van der Waals surface area contributed by atoms with Crippen molar-refractivity contribution < 1.29 is 18.7 Å². The van der Waals surface area contributed by atoms with Crippen LogP contribution in [0.1, 0.15) is 44.6 Å². The molecule has 0 bridgehead atoms. The molecular formula is C19H20N4O4. The maximum atomic E-state index is 12.8. The highest BCUT2D eigenvalue weighted by Crippen LogP contribution is 2.25. The van der Waals surface area contributed by atoms with Crippen molar-refractivity contribution in [3.05, 3.63) is 52.7 Å². The molecular weight excluding hydrogens is 348 g/mol. The molecule has 8 heteroatoms. The van der Waals surface area contributed by atoms with E-state index in [0.29, 0.717) is 39.7 Å². The number of nitrogens with one attached hydrogen (secondary N) is 2. The summed E-state index contributed by atoms with van der Waals surface area (Å²) in [5.74, 6) is -0.434. The molecule has 8 nitrogen and oxygen atoms in total. The van der Waals surface area contributed by atoms with Crippen molar-refractivity contribution in [1.82, 2.24) is 15.2 Å². The Hall–Kier alpha value is -3.42. The molecule has 3 rings (SSSR count). The first kappa shape index (κ1) is 18.4. The van der Waals surface area contributed by atoms with Gasteiger partial charge in [0.25, 0.3) is 5.91 Å². The number of aromatic amines is 1. The molecule has 0 spiro atoms. The first-order chi connectivity index (χ1) is 12.9. The molecule has 0 aliphatic heterocycles. The summed E-state index contributed by atoms with van der Waals surface area (Å²) in [6, 6.07) is 5.45. The van der Waals surface area contributed by atoms with Crippen molar-refractivity contribution in [1.29, 1.82) is 0 Å². The van der Waals surface area contributed by atoms with Crippen molar-refractivity contribution in [2.75, 3.05) is 11.9 Å². The first-order valence-electron chi connectivity index (χ1n) is 8.47. The summed E-state index contributed by atoms with van der Waals surface area (Å²) in [4.78, 5) is 27.9. The standard InChI is InChI=1S/C19H20N4O4/c1-5-26-19(25)15-11(3)16(21-12(15)4)17(24)22-14-8-13(7-6-10(14)2)18-23-20-9-27-18/h6-9,21H,5H2,1-4H3,(H,22,24). The SMILES string of the molecule is CCOC(=O)c1c(C)[nH]c(C(=O)Nc2cc(-c3nnco3)ccc2C)c1C. The van der Waals surface area contributed by atoms with Crippen LogP contribution < -0.4 is 5.32 Å². The molecule has 2 aromatic heterocycles. The van der Waals surface area contributed by atoms with Gasteiger partial charge in [0.2, 0.25) is 12.3 Å². The summed E-state index contributed by atoms with van der Waals surface area (Å²) < 4.78 is 10.3. The second-order valence-corrected chi connectivity index (χ2v) is 6.07. The Labute approximate surface area is 155 Å². The number of benzene rings is 1. The molecule has 0 atom stereocenters. The van der Waals surface area contributed by atoms with Gasteiger partial charge < -0.3 is 19.5 Å². The van der Waals surface area contributed by atoms with Crippen LogP contribution in [-0.2, 0) is 4.74 Å². The van der Waals surface area contributed by atoms with Gasteiger partial charge in [0.05, 0.1) is 12.2 Å². The second kappa shape index (κ2) is 7.45. The molecule has 1 aromatic carbocycles. The number of aryl methyl sites for hydroxylation is 2. The Kier molecular flexibility index (Phi) is 5.07. The van der Waals surface area contributed by atoms with E-state index in [9.17, 15) is 9.59 Å². The molecule has 1 amide bonds. The Balaban J connectivity index is 1.89. The van der Waals surface area contributed by atoms with Gasteiger partial charge in [-0.1, -0.05) is 6.07 Å². The highest BCUT2D eigenvalue weighted by molar-refractivity contribution is 6.07. The number of rotatable bonds is 5. The largest absolute Gasteiger partial charge is 0.462 e. The van der Waals surface area contributed by atoms with E-state index in [2.05, 4.69) is 20.5 Å². The van der Waals surface area contributed by atoms with Crippen LogP contribution in [0.3, 0.4) is 0 Å². The van der Waals surface area contributed by atoms with Crippen LogP contribution in [0.5, 0.6) is 0 Å². The van der Waals surface area contributed by atoms with Crippen LogP contribution in [0.15, 0.2) is 29.0 Å². The molecule has 0 radical (unpaired) electrons. The van der Waals surface area contributed by atoms with Crippen LogP contribution in [0.25, 0.3) is 11.5 Å². The molecule has 140 valence electrons. The zero-order valence-corrected chi connectivity index (χ0v) is 15.5. The highest BCUT2D eigenvalue weighted by atomic mass is 16.5. The number of anilines is 1. The smallest absolute Gasteiger partial charge is 0.340 e. The summed E-state index contributed by atoms with van der Waals surface area (Å²) in [6.45, 7) is 7.34. The van der Waals surface area contributed by atoms with Crippen molar-refractivity contribution in [2.45, 2.75) is 27.7 Å². The van der Waals surface area contributed by atoms with Crippen LogP contribution in [0.4, 0.5) is 5.69 Å². The molecule has 0 unspecified atom stereocenters. The van der Waals surface area contributed by atoms with E-state index in [-0.39, 0.29) is 12.5 Å². The van der Waals surface area contributed by atoms with Gasteiger partial charge in [-0.2, -0.15) is 0 Å². The van der Waals surface area contributed by atoms with Gasteiger partial charge in [0, 0.05) is 16.9 Å². The van der Waals surface area contributed by atoms with E-state index in [1.807, 2.05) is 19.1 Å². The Morgan fingerprint density at radius 1 is 1.26 bits per heavy atom. The lowest BCUT2D eigenvalue weighted by atomic mass is 10.1. The minimum Gasteiger partial charge on any atom is -0.462 e. The van der Waals surface area contributed by atoms with Crippen molar-refractivity contribution >= 4 is 17.6 Å². The minimum atomic E-state index is -0.447. The molecule has 3 aromatic rings. The lowest BCUT2D eigenvalue weighted by Gasteiger charge is -2.09. The lowest BCUT2D eigenvalue weighted by Crippen LogP contribution is -2.15. The number of H-pyrrole nitrogens is 1. The monoisotopic (exact) mass is 368 g/mol. The van der Waals surface area contributed by atoms with Gasteiger partial charge in [0.15, 0.2) is 0 Å². The topological polar surface area (TPSA) is 110 Å². The Bertz CT molecular complexity index is 990. The summed E-state index contributed by atoms with van der Waals surface area (Å²) in [5, 5.41) is 10.4. The Morgan fingerprint density at radius 3 is 2.70 bits per heavy atom. The summed E-state index contributed by atoms with van der Waals surface area (Å²) in [6.07, 6.45) is 1.25. The fraction of sp³-hybridized carbons (Fsp3) is 0.263. The van der Waals surface area contributed by atoms with Crippen LogP contribution in [0.2, 0.25) is 0 Å². The van der Waals surface area contributed by atoms with Gasteiger partial charge in [-0.3, -0.25) is 4.79 Å². The molecule has 0 fully saturated rings. The Morgan fingerprint density at radius 2 is 2.04 bits per heavy atom. The zero-order chi connectivity index (χ0) is 19.6. The number of hydrogen-bond acceptors (Lipinski definition) is 6. The van der Waals surface area contributed by atoms with Crippen molar-refractivity contribution in [3.63, 3.8) is 0 Å². The van der Waals surface area contributed by atoms with E-state index in [1.54, 1.807) is 26.8 Å². The maximum absolute atomic E-state index is 12.8. The van der Waals surface area contributed by atoms with E-state index in [4.69, 9.17) is 9.15 Å². The van der Waals surface area contributed by atoms with Crippen LogP contribution >= 0.6 is 0 Å². The zero-order valence-electron chi connectivity index (χ0n) is 15.5. The number of amides is 1. The summed E-state index contributed by atoms with van der Waals surface area (Å²) >= 11 is 0. The van der Waals surface area contributed by atoms with Crippen molar-refractivity contribution in [2.24, 2.45) is 0 Å². The van der Waals surface area contributed by atoms with E-state index in [1.165, 1.54) is 6.39 Å². The third-order valence-corrected chi connectivity index (χ3v) is 4.24. The quantitative estimate of drug-likeness (QED) is 0.668. The molecule has 27 heavy (non-hydrogen) atoms. The molecule has 0 saturated heterocycles. The van der Waals surface area contributed by atoms with E-state index < -0.39 is 5.97 Å². The highest BCUT2D eigenvalue weighted by Gasteiger charge is 2.23. The number of ether oxygens (including phenoxy) is 1. The van der Waals surface area contributed by atoms with Crippen LogP contribution in [0, 0.1) is 20.8 Å². The molecule has 2 heterocycles. The molecule has 0 aliphatic rings. The van der Waals surface area contributed by atoms with Gasteiger partial charge >= 0.3 is 5.97 Å². The van der Waals surface area contributed by atoms with Gasteiger partial charge in [-0.05, 0) is 51.0 Å². The lowest BCUT2D eigenvalue weighted by molar-refractivity contribution is 0.0525. The van der Waals surface area contributed by atoms with Gasteiger partial charge in [-0.25, -0.2) is 4.79 Å². The summed E-state index contributed by atoms with van der Waals surface area (Å²) in [7, 11) is 0. The molecule has 0 saturated carbocycles. The molecule has 2 N–H and O–H groups in total.